The minimum atomic E-state index is 0.218. The van der Waals surface area contributed by atoms with Gasteiger partial charge in [0, 0.05) is 44.8 Å². The van der Waals surface area contributed by atoms with E-state index in [0.29, 0.717) is 39.5 Å². The van der Waals surface area contributed by atoms with Crippen molar-refractivity contribution in [3.05, 3.63) is 23.3 Å². The van der Waals surface area contributed by atoms with Gasteiger partial charge in [-0.25, -0.2) is 0 Å². The van der Waals surface area contributed by atoms with Crippen LogP contribution >= 0.6 is 0 Å². The molecule has 0 amide bonds. The summed E-state index contributed by atoms with van der Waals surface area (Å²) >= 11 is 0. The molecule has 1 aromatic rings. The maximum absolute atomic E-state index is 5.87. The highest BCUT2D eigenvalue weighted by Gasteiger charge is 2.21. The third-order valence-electron chi connectivity index (χ3n) is 4.02. The number of rotatable bonds is 10. The zero-order chi connectivity index (χ0) is 18.8. The van der Waals surface area contributed by atoms with E-state index in [-0.39, 0.29) is 6.10 Å². The Morgan fingerprint density at radius 1 is 1.27 bits per heavy atom. The van der Waals surface area contributed by atoms with E-state index in [4.69, 9.17) is 18.9 Å². The molecule has 2 N–H and O–H groups in total. The molecule has 0 bridgehead atoms. The van der Waals surface area contributed by atoms with Crippen LogP contribution in [0.4, 0.5) is 0 Å². The van der Waals surface area contributed by atoms with E-state index in [2.05, 4.69) is 34.7 Å². The average Bonchev–Trinajstić information content (AvgIpc) is 2.99. The Labute approximate surface area is 156 Å². The van der Waals surface area contributed by atoms with Gasteiger partial charge in [0.05, 0.1) is 26.4 Å². The van der Waals surface area contributed by atoms with Crippen LogP contribution < -0.4 is 20.1 Å². The first-order valence-electron chi connectivity index (χ1n) is 9.14. The first-order chi connectivity index (χ1) is 12.7. The zero-order valence-electron chi connectivity index (χ0n) is 16.3. The fraction of sp³-hybridized carbons (Fsp3) is 0.632. The standard InChI is InChI=1S/C19H31N3O4/c1-5-25-17-11-15-10-14(2)26-18(15)12-16(17)13-22-19(20-3)21-6-7-24-9-8-23-4/h11-12,14H,5-10,13H2,1-4H3,(H2,20,21,22). The molecule has 0 aliphatic carbocycles. The number of aliphatic imine (C=N–C) groups is 1. The van der Waals surface area contributed by atoms with Gasteiger partial charge in [-0.15, -0.1) is 0 Å². The van der Waals surface area contributed by atoms with Crippen LogP contribution in [0.3, 0.4) is 0 Å². The summed E-state index contributed by atoms with van der Waals surface area (Å²) in [6, 6.07) is 4.16. The first kappa shape index (κ1) is 20.3. The lowest BCUT2D eigenvalue weighted by molar-refractivity contribution is 0.0733. The number of hydrogen-bond acceptors (Lipinski definition) is 5. The maximum atomic E-state index is 5.87. The van der Waals surface area contributed by atoms with Gasteiger partial charge in [-0.1, -0.05) is 0 Å². The Kier molecular flexibility index (Phi) is 8.50. The van der Waals surface area contributed by atoms with Crippen molar-refractivity contribution < 1.29 is 18.9 Å². The summed E-state index contributed by atoms with van der Waals surface area (Å²) in [5.74, 6) is 2.57. The summed E-state index contributed by atoms with van der Waals surface area (Å²) < 4.78 is 22.1. The van der Waals surface area contributed by atoms with Crippen LogP contribution in [0.5, 0.6) is 11.5 Å². The summed E-state index contributed by atoms with van der Waals surface area (Å²) in [4.78, 5) is 4.24. The molecule has 26 heavy (non-hydrogen) atoms. The molecule has 1 aliphatic rings. The largest absolute Gasteiger partial charge is 0.494 e. The van der Waals surface area contributed by atoms with Gasteiger partial charge in [-0.3, -0.25) is 4.99 Å². The van der Waals surface area contributed by atoms with Gasteiger partial charge < -0.3 is 29.6 Å². The number of nitrogens with zero attached hydrogens (tertiary/aromatic N) is 1. The van der Waals surface area contributed by atoms with E-state index in [1.807, 2.05) is 6.92 Å². The number of nitrogens with one attached hydrogen (secondary N) is 2. The molecule has 1 atom stereocenters. The Morgan fingerprint density at radius 3 is 2.85 bits per heavy atom. The van der Waals surface area contributed by atoms with E-state index in [9.17, 15) is 0 Å². The summed E-state index contributed by atoms with van der Waals surface area (Å²) in [5, 5.41) is 6.54. The molecular formula is C19H31N3O4. The Bertz CT molecular complexity index is 592. The minimum absolute atomic E-state index is 0.218. The van der Waals surface area contributed by atoms with Crippen LogP contribution in [-0.4, -0.2) is 59.2 Å². The monoisotopic (exact) mass is 365 g/mol. The molecule has 1 unspecified atom stereocenters. The van der Waals surface area contributed by atoms with Crippen LogP contribution in [-0.2, 0) is 22.4 Å². The van der Waals surface area contributed by atoms with Gasteiger partial charge in [0.25, 0.3) is 0 Å². The van der Waals surface area contributed by atoms with Crippen LogP contribution in [0, 0.1) is 0 Å². The van der Waals surface area contributed by atoms with E-state index < -0.39 is 0 Å². The highest BCUT2D eigenvalue weighted by atomic mass is 16.5. The molecule has 7 nitrogen and oxygen atoms in total. The second kappa shape index (κ2) is 10.9. The summed E-state index contributed by atoms with van der Waals surface area (Å²) in [6.07, 6.45) is 1.14. The molecule has 146 valence electrons. The predicted octanol–water partition coefficient (Wildman–Crippen LogP) is 1.74. The van der Waals surface area contributed by atoms with Crippen LogP contribution in [0.1, 0.15) is 25.0 Å². The third-order valence-corrected chi connectivity index (χ3v) is 4.02. The Hall–Kier alpha value is -1.99. The van der Waals surface area contributed by atoms with E-state index in [1.54, 1.807) is 14.2 Å². The zero-order valence-corrected chi connectivity index (χ0v) is 16.3. The van der Waals surface area contributed by atoms with Gasteiger partial charge >= 0.3 is 0 Å². The van der Waals surface area contributed by atoms with E-state index in [0.717, 1.165) is 29.4 Å². The highest BCUT2D eigenvalue weighted by Crippen LogP contribution is 2.35. The lowest BCUT2D eigenvalue weighted by atomic mass is 10.1. The number of fused-ring (bicyclic) bond motifs is 1. The van der Waals surface area contributed by atoms with Crippen molar-refractivity contribution in [3.63, 3.8) is 0 Å². The molecule has 2 rings (SSSR count). The Balaban J connectivity index is 1.87. The van der Waals surface area contributed by atoms with Crippen LogP contribution in [0.15, 0.2) is 17.1 Å². The second-order valence-corrected chi connectivity index (χ2v) is 6.09. The summed E-state index contributed by atoms with van der Waals surface area (Å²) in [6.45, 7) is 7.78. The normalized spacial score (nSPS) is 16.2. The lowest BCUT2D eigenvalue weighted by Gasteiger charge is -2.15. The van der Waals surface area contributed by atoms with Gasteiger partial charge in [-0.2, -0.15) is 0 Å². The van der Waals surface area contributed by atoms with Crippen LogP contribution in [0.25, 0.3) is 0 Å². The van der Waals surface area contributed by atoms with Gasteiger partial charge in [0.1, 0.15) is 17.6 Å². The van der Waals surface area contributed by atoms with Gasteiger partial charge in [-0.05, 0) is 26.0 Å². The number of benzene rings is 1. The lowest BCUT2D eigenvalue weighted by Crippen LogP contribution is -2.38. The van der Waals surface area contributed by atoms with Crippen LogP contribution in [0.2, 0.25) is 0 Å². The Morgan fingerprint density at radius 2 is 2.12 bits per heavy atom. The predicted molar refractivity (Wildman–Crippen MR) is 102 cm³/mol. The number of guanidine groups is 1. The molecular weight excluding hydrogens is 334 g/mol. The molecule has 1 aliphatic heterocycles. The van der Waals surface area contributed by atoms with Crippen molar-refractivity contribution in [1.29, 1.82) is 0 Å². The molecule has 1 aromatic carbocycles. The van der Waals surface area contributed by atoms with E-state index >= 15 is 0 Å². The van der Waals surface area contributed by atoms with Crippen molar-refractivity contribution in [1.82, 2.24) is 10.6 Å². The molecule has 0 aromatic heterocycles. The van der Waals surface area contributed by atoms with Gasteiger partial charge in [0.15, 0.2) is 5.96 Å². The van der Waals surface area contributed by atoms with Crippen molar-refractivity contribution in [2.45, 2.75) is 32.9 Å². The fourth-order valence-corrected chi connectivity index (χ4v) is 2.79. The SMILES string of the molecule is CCOc1cc2c(cc1CNC(=NC)NCCOCCOC)OC(C)C2. The number of hydrogen-bond donors (Lipinski definition) is 2. The number of ether oxygens (including phenoxy) is 4. The molecule has 0 saturated carbocycles. The quantitative estimate of drug-likeness (QED) is 0.374. The molecule has 7 heteroatoms. The molecule has 0 spiro atoms. The van der Waals surface area contributed by atoms with E-state index in [1.165, 1.54) is 5.56 Å². The molecule has 0 fully saturated rings. The summed E-state index contributed by atoms with van der Waals surface area (Å²) in [7, 11) is 3.41. The molecule has 0 saturated heterocycles. The fourth-order valence-electron chi connectivity index (χ4n) is 2.79. The van der Waals surface area contributed by atoms with Crippen molar-refractivity contribution in [2.24, 2.45) is 4.99 Å². The second-order valence-electron chi connectivity index (χ2n) is 6.09. The highest BCUT2D eigenvalue weighted by molar-refractivity contribution is 5.79. The third kappa shape index (κ3) is 6.07. The van der Waals surface area contributed by atoms with Crippen molar-refractivity contribution in [3.8, 4) is 11.5 Å². The van der Waals surface area contributed by atoms with Crippen molar-refractivity contribution >= 4 is 5.96 Å². The number of methoxy groups -OCH3 is 1. The average molecular weight is 365 g/mol. The molecule has 0 radical (unpaired) electrons. The molecule has 1 heterocycles. The first-order valence-corrected chi connectivity index (χ1v) is 9.14. The maximum Gasteiger partial charge on any atom is 0.191 e. The smallest absolute Gasteiger partial charge is 0.191 e. The topological polar surface area (TPSA) is 73.3 Å². The van der Waals surface area contributed by atoms with Crippen molar-refractivity contribution in [2.75, 3.05) is 47.1 Å². The van der Waals surface area contributed by atoms with Gasteiger partial charge in [0.2, 0.25) is 0 Å². The summed E-state index contributed by atoms with van der Waals surface area (Å²) in [5.41, 5.74) is 2.26. The minimum Gasteiger partial charge on any atom is -0.494 e.